The van der Waals surface area contributed by atoms with Crippen molar-refractivity contribution in [2.75, 3.05) is 12.4 Å². The number of aromatic nitrogens is 1. The molecule has 1 aromatic heterocycles. The molecule has 120 valence electrons. The highest BCUT2D eigenvalue weighted by molar-refractivity contribution is 6.04. The molecular weight excluding hydrogens is 304 g/mol. The van der Waals surface area contributed by atoms with Gasteiger partial charge in [0.25, 0.3) is 5.91 Å². The van der Waals surface area contributed by atoms with Crippen LogP contribution in [0.3, 0.4) is 0 Å². The number of pyridine rings is 1. The molecule has 0 bridgehead atoms. The van der Waals surface area contributed by atoms with Crippen molar-refractivity contribution in [1.82, 2.24) is 4.98 Å². The maximum absolute atomic E-state index is 12.1. The molecule has 1 N–H and O–H groups in total. The average Bonchev–Trinajstić information content (AvgIpc) is 2.64. The number of para-hydroxylation sites is 2. The Bertz CT molecular complexity index is 818. The lowest BCUT2D eigenvalue weighted by Gasteiger charge is -2.10. The third kappa shape index (κ3) is 3.70. The quantitative estimate of drug-likeness (QED) is 0.767. The Kier molecular flexibility index (Phi) is 4.72. The van der Waals surface area contributed by atoms with Crippen LogP contribution in [0.5, 0.6) is 17.4 Å². The fourth-order valence-electron chi connectivity index (χ4n) is 2.12. The van der Waals surface area contributed by atoms with Crippen LogP contribution in [0.15, 0.2) is 72.9 Å². The van der Waals surface area contributed by atoms with Crippen LogP contribution in [0, 0.1) is 0 Å². The second-order valence-corrected chi connectivity index (χ2v) is 4.96. The molecule has 0 radical (unpaired) electrons. The number of amides is 1. The Balaban J connectivity index is 1.68. The van der Waals surface area contributed by atoms with E-state index in [0.29, 0.717) is 28.6 Å². The minimum Gasteiger partial charge on any atom is -0.493 e. The summed E-state index contributed by atoms with van der Waals surface area (Å²) >= 11 is 0. The Labute approximate surface area is 139 Å². The van der Waals surface area contributed by atoms with Crippen LogP contribution in [0.1, 0.15) is 10.4 Å². The van der Waals surface area contributed by atoms with Gasteiger partial charge in [0, 0.05) is 11.6 Å². The third-order valence-electron chi connectivity index (χ3n) is 3.31. The summed E-state index contributed by atoms with van der Waals surface area (Å²) in [6, 6.07) is 19.7. The molecule has 24 heavy (non-hydrogen) atoms. The van der Waals surface area contributed by atoms with Crippen molar-refractivity contribution in [1.29, 1.82) is 0 Å². The lowest BCUT2D eigenvalue weighted by atomic mass is 10.2. The molecule has 0 spiro atoms. The van der Waals surface area contributed by atoms with Gasteiger partial charge in [0.2, 0.25) is 5.88 Å². The normalized spacial score (nSPS) is 10.0. The number of ether oxygens (including phenoxy) is 2. The van der Waals surface area contributed by atoms with Crippen molar-refractivity contribution in [3.63, 3.8) is 0 Å². The second kappa shape index (κ2) is 7.28. The zero-order valence-corrected chi connectivity index (χ0v) is 13.1. The fourth-order valence-corrected chi connectivity index (χ4v) is 2.12. The topological polar surface area (TPSA) is 60.5 Å². The van der Waals surface area contributed by atoms with Gasteiger partial charge in [-0.2, -0.15) is 0 Å². The van der Waals surface area contributed by atoms with Gasteiger partial charge in [-0.3, -0.25) is 4.79 Å². The molecule has 1 heterocycles. The van der Waals surface area contributed by atoms with E-state index in [9.17, 15) is 4.79 Å². The minimum atomic E-state index is -0.184. The van der Waals surface area contributed by atoms with Crippen molar-refractivity contribution >= 4 is 11.6 Å². The summed E-state index contributed by atoms with van der Waals surface area (Å²) in [5, 5.41) is 2.79. The number of carbonyl (C=O) groups is 1. The number of nitrogens with one attached hydrogen (secondary N) is 1. The van der Waals surface area contributed by atoms with E-state index >= 15 is 0 Å². The summed E-state index contributed by atoms with van der Waals surface area (Å²) < 4.78 is 10.9. The Morgan fingerprint density at radius 2 is 1.62 bits per heavy atom. The molecule has 0 aliphatic heterocycles. The van der Waals surface area contributed by atoms with Crippen LogP contribution in [0.2, 0.25) is 0 Å². The van der Waals surface area contributed by atoms with Crippen LogP contribution in [0.4, 0.5) is 5.69 Å². The monoisotopic (exact) mass is 320 g/mol. The molecule has 0 aliphatic rings. The molecule has 5 nitrogen and oxygen atoms in total. The molecule has 3 rings (SSSR count). The molecular formula is C19H16N2O3. The number of carbonyl (C=O) groups excluding carboxylic acids is 1. The van der Waals surface area contributed by atoms with Crippen molar-refractivity contribution < 1.29 is 14.3 Å². The van der Waals surface area contributed by atoms with E-state index in [2.05, 4.69) is 10.3 Å². The maximum atomic E-state index is 12.1. The van der Waals surface area contributed by atoms with Gasteiger partial charge in [-0.15, -0.1) is 0 Å². The standard InChI is InChI=1S/C19H16N2O3/c1-23-16-9-5-6-10-17(16)24-18-12-11-15(13-20-18)21-19(22)14-7-3-2-4-8-14/h2-13H,1H3,(H,21,22). The molecule has 0 atom stereocenters. The van der Waals surface area contributed by atoms with Gasteiger partial charge in [0.15, 0.2) is 11.5 Å². The van der Waals surface area contributed by atoms with Gasteiger partial charge in [0.1, 0.15) is 0 Å². The summed E-state index contributed by atoms with van der Waals surface area (Å²) in [6.07, 6.45) is 1.55. The smallest absolute Gasteiger partial charge is 0.255 e. The van der Waals surface area contributed by atoms with E-state index < -0.39 is 0 Å². The van der Waals surface area contributed by atoms with E-state index in [4.69, 9.17) is 9.47 Å². The molecule has 2 aromatic carbocycles. The predicted octanol–water partition coefficient (Wildman–Crippen LogP) is 4.13. The van der Waals surface area contributed by atoms with Crippen LogP contribution < -0.4 is 14.8 Å². The number of benzene rings is 2. The number of hydrogen-bond donors (Lipinski definition) is 1. The van der Waals surface area contributed by atoms with E-state index in [0.717, 1.165) is 0 Å². The predicted molar refractivity (Wildman–Crippen MR) is 91.7 cm³/mol. The first-order valence-corrected chi connectivity index (χ1v) is 7.39. The van der Waals surface area contributed by atoms with Gasteiger partial charge in [-0.05, 0) is 30.3 Å². The minimum absolute atomic E-state index is 0.184. The van der Waals surface area contributed by atoms with E-state index in [1.807, 2.05) is 36.4 Å². The molecule has 0 aliphatic carbocycles. The second-order valence-electron chi connectivity index (χ2n) is 4.96. The summed E-state index contributed by atoms with van der Waals surface area (Å²) in [4.78, 5) is 16.3. The Hall–Kier alpha value is -3.34. The van der Waals surface area contributed by atoms with Gasteiger partial charge >= 0.3 is 0 Å². The third-order valence-corrected chi connectivity index (χ3v) is 3.31. The van der Waals surface area contributed by atoms with E-state index in [1.165, 1.54) is 0 Å². The SMILES string of the molecule is COc1ccccc1Oc1ccc(NC(=O)c2ccccc2)cn1. The average molecular weight is 320 g/mol. The van der Waals surface area contributed by atoms with Crippen LogP contribution in [0.25, 0.3) is 0 Å². The number of nitrogens with zero attached hydrogens (tertiary/aromatic N) is 1. The fraction of sp³-hybridized carbons (Fsp3) is 0.0526. The summed E-state index contributed by atoms with van der Waals surface area (Å²) in [7, 11) is 1.58. The first kappa shape index (κ1) is 15.6. The Morgan fingerprint density at radius 3 is 2.29 bits per heavy atom. The largest absolute Gasteiger partial charge is 0.493 e. The van der Waals surface area contributed by atoms with Crippen molar-refractivity contribution in [3.05, 3.63) is 78.5 Å². The first-order valence-electron chi connectivity index (χ1n) is 7.39. The van der Waals surface area contributed by atoms with Gasteiger partial charge in [-0.1, -0.05) is 30.3 Å². The number of hydrogen-bond acceptors (Lipinski definition) is 4. The highest BCUT2D eigenvalue weighted by atomic mass is 16.5. The summed E-state index contributed by atoms with van der Waals surface area (Å²) in [5.41, 5.74) is 1.18. The van der Waals surface area contributed by atoms with Crippen LogP contribution >= 0.6 is 0 Å². The molecule has 0 fully saturated rings. The number of anilines is 1. The van der Waals surface area contributed by atoms with Crippen molar-refractivity contribution in [3.8, 4) is 17.4 Å². The first-order chi connectivity index (χ1) is 11.8. The maximum Gasteiger partial charge on any atom is 0.255 e. The van der Waals surface area contributed by atoms with Crippen molar-refractivity contribution in [2.45, 2.75) is 0 Å². The lowest BCUT2D eigenvalue weighted by molar-refractivity contribution is 0.102. The molecule has 0 saturated heterocycles. The summed E-state index contributed by atoms with van der Waals surface area (Å²) in [5.74, 6) is 1.43. The lowest BCUT2D eigenvalue weighted by Crippen LogP contribution is -2.11. The molecule has 5 heteroatoms. The Morgan fingerprint density at radius 1 is 0.917 bits per heavy atom. The van der Waals surface area contributed by atoms with E-state index in [1.54, 1.807) is 43.6 Å². The van der Waals surface area contributed by atoms with Crippen molar-refractivity contribution in [2.24, 2.45) is 0 Å². The number of methoxy groups -OCH3 is 1. The molecule has 1 amide bonds. The molecule has 0 unspecified atom stereocenters. The molecule has 0 saturated carbocycles. The highest BCUT2D eigenvalue weighted by Crippen LogP contribution is 2.30. The summed E-state index contributed by atoms with van der Waals surface area (Å²) in [6.45, 7) is 0. The van der Waals surface area contributed by atoms with Crippen LogP contribution in [-0.4, -0.2) is 18.0 Å². The van der Waals surface area contributed by atoms with Gasteiger partial charge in [0.05, 0.1) is 19.0 Å². The number of rotatable bonds is 5. The van der Waals surface area contributed by atoms with Gasteiger partial charge < -0.3 is 14.8 Å². The molecule has 3 aromatic rings. The van der Waals surface area contributed by atoms with Gasteiger partial charge in [-0.25, -0.2) is 4.98 Å². The zero-order valence-electron chi connectivity index (χ0n) is 13.1. The zero-order chi connectivity index (χ0) is 16.8. The highest BCUT2D eigenvalue weighted by Gasteiger charge is 2.07. The van der Waals surface area contributed by atoms with Crippen LogP contribution in [-0.2, 0) is 0 Å². The van der Waals surface area contributed by atoms with E-state index in [-0.39, 0.29) is 5.91 Å².